The first-order valence-corrected chi connectivity index (χ1v) is 5.84. The number of hydrogen-bond acceptors (Lipinski definition) is 2. The lowest BCUT2D eigenvalue weighted by Gasteiger charge is -2.08. The highest BCUT2D eigenvalue weighted by Gasteiger charge is 2.12. The van der Waals surface area contributed by atoms with Gasteiger partial charge in [-0.1, -0.05) is 6.07 Å². The number of phenolic OH excluding ortho intramolecular Hbond substituents is 1. The van der Waals surface area contributed by atoms with Crippen LogP contribution in [0.15, 0.2) is 36.4 Å². The van der Waals surface area contributed by atoms with Gasteiger partial charge >= 0.3 is 0 Å². The van der Waals surface area contributed by atoms with Gasteiger partial charge in [-0.25, -0.2) is 4.39 Å². The first-order chi connectivity index (χ1) is 8.95. The third kappa shape index (κ3) is 3.10. The number of carbonyl (C=O) groups is 1. The molecule has 4 heteroatoms. The van der Waals surface area contributed by atoms with Crippen molar-refractivity contribution in [1.82, 2.24) is 0 Å². The molecule has 0 radical (unpaired) electrons. The molecule has 0 aliphatic rings. The summed E-state index contributed by atoms with van der Waals surface area (Å²) >= 11 is 0. The zero-order valence-corrected chi connectivity index (χ0v) is 10.7. The Morgan fingerprint density at radius 3 is 2.32 bits per heavy atom. The third-order valence-electron chi connectivity index (χ3n) is 2.68. The maximum atomic E-state index is 12.9. The molecule has 0 saturated carbocycles. The SMILES string of the molecule is Cc1cc(C)cc(NC(=O)c2ccc(F)cc2O)c1. The smallest absolute Gasteiger partial charge is 0.259 e. The Balaban J connectivity index is 2.25. The summed E-state index contributed by atoms with van der Waals surface area (Å²) < 4.78 is 12.9. The Morgan fingerprint density at radius 2 is 1.74 bits per heavy atom. The maximum absolute atomic E-state index is 12.9. The van der Waals surface area contributed by atoms with Crippen molar-refractivity contribution < 1.29 is 14.3 Å². The minimum absolute atomic E-state index is 0.0422. The van der Waals surface area contributed by atoms with Crippen molar-refractivity contribution in [2.45, 2.75) is 13.8 Å². The Morgan fingerprint density at radius 1 is 1.11 bits per heavy atom. The van der Waals surface area contributed by atoms with Crippen molar-refractivity contribution in [2.75, 3.05) is 5.32 Å². The molecule has 0 fully saturated rings. The summed E-state index contributed by atoms with van der Waals surface area (Å²) in [6, 6.07) is 8.94. The second-order valence-electron chi connectivity index (χ2n) is 4.49. The zero-order chi connectivity index (χ0) is 14.0. The second kappa shape index (κ2) is 5.10. The Kier molecular flexibility index (Phi) is 3.51. The molecule has 0 spiro atoms. The molecule has 0 aliphatic heterocycles. The summed E-state index contributed by atoms with van der Waals surface area (Å²) in [5, 5.41) is 12.2. The van der Waals surface area contributed by atoms with Gasteiger partial charge in [0, 0.05) is 11.8 Å². The Bertz CT molecular complexity index is 618. The van der Waals surface area contributed by atoms with E-state index >= 15 is 0 Å². The fourth-order valence-corrected chi connectivity index (χ4v) is 1.94. The summed E-state index contributed by atoms with van der Waals surface area (Å²) in [6.45, 7) is 3.86. The molecule has 0 unspecified atom stereocenters. The van der Waals surface area contributed by atoms with Crippen LogP contribution in [0.25, 0.3) is 0 Å². The van der Waals surface area contributed by atoms with Crippen LogP contribution in [0, 0.1) is 19.7 Å². The number of phenols is 1. The monoisotopic (exact) mass is 259 g/mol. The van der Waals surface area contributed by atoms with Crippen LogP contribution in [0.1, 0.15) is 21.5 Å². The van der Waals surface area contributed by atoms with Gasteiger partial charge in [0.2, 0.25) is 0 Å². The van der Waals surface area contributed by atoms with Gasteiger partial charge in [-0.3, -0.25) is 4.79 Å². The first kappa shape index (κ1) is 13.1. The molecule has 3 nitrogen and oxygen atoms in total. The maximum Gasteiger partial charge on any atom is 0.259 e. The van der Waals surface area contributed by atoms with Crippen LogP contribution in [0.2, 0.25) is 0 Å². The summed E-state index contributed by atoms with van der Waals surface area (Å²) in [4.78, 5) is 12.0. The van der Waals surface area contributed by atoms with Crippen molar-refractivity contribution >= 4 is 11.6 Å². The molecule has 19 heavy (non-hydrogen) atoms. The number of halogens is 1. The summed E-state index contributed by atoms with van der Waals surface area (Å²) in [5.74, 6) is -1.43. The fourth-order valence-electron chi connectivity index (χ4n) is 1.94. The lowest BCUT2D eigenvalue weighted by Crippen LogP contribution is -2.12. The molecule has 2 rings (SSSR count). The number of aromatic hydroxyl groups is 1. The van der Waals surface area contributed by atoms with Crippen LogP contribution in [0.5, 0.6) is 5.75 Å². The molecule has 98 valence electrons. The minimum Gasteiger partial charge on any atom is -0.507 e. The topological polar surface area (TPSA) is 49.3 Å². The highest BCUT2D eigenvalue weighted by molar-refractivity contribution is 6.06. The molecule has 0 aliphatic carbocycles. The molecule has 0 bridgehead atoms. The van der Waals surface area contributed by atoms with Crippen LogP contribution < -0.4 is 5.32 Å². The summed E-state index contributed by atoms with van der Waals surface area (Å²) in [7, 11) is 0. The Labute approximate surface area is 110 Å². The molecule has 0 aromatic heterocycles. The van der Waals surface area contributed by atoms with E-state index < -0.39 is 11.7 Å². The number of hydrogen-bond donors (Lipinski definition) is 2. The van der Waals surface area contributed by atoms with Crippen LogP contribution in [-0.4, -0.2) is 11.0 Å². The van der Waals surface area contributed by atoms with E-state index in [9.17, 15) is 14.3 Å². The molecule has 0 saturated heterocycles. The third-order valence-corrected chi connectivity index (χ3v) is 2.68. The zero-order valence-electron chi connectivity index (χ0n) is 10.7. The number of carbonyl (C=O) groups excluding carboxylic acids is 1. The molecule has 2 N–H and O–H groups in total. The number of benzene rings is 2. The molecule has 1 amide bonds. The van der Waals surface area contributed by atoms with Gasteiger partial charge in [0.15, 0.2) is 0 Å². The fraction of sp³-hybridized carbons (Fsp3) is 0.133. The normalized spacial score (nSPS) is 10.3. The van der Waals surface area contributed by atoms with E-state index in [0.717, 1.165) is 23.3 Å². The lowest BCUT2D eigenvalue weighted by molar-refractivity contribution is 0.102. The average molecular weight is 259 g/mol. The van der Waals surface area contributed by atoms with Gasteiger partial charge in [0.05, 0.1) is 5.56 Å². The number of aryl methyl sites for hydroxylation is 2. The van der Waals surface area contributed by atoms with Gasteiger partial charge < -0.3 is 10.4 Å². The van der Waals surface area contributed by atoms with Crippen molar-refractivity contribution in [3.05, 3.63) is 58.9 Å². The van der Waals surface area contributed by atoms with Gasteiger partial charge in [-0.15, -0.1) is 0 Å². The van der Waals surface area contributed by atoms with E-state index in [1.165, 1.54) is 6.07 Å². The van der Waals surface area contributed by atoms with E-state index in [2.05, 4.69) is 5.32 Å². The van der Waals surface area contributed by atoms with Crippen LogP contribution in [0.3, 0.4) is 0 Å². The van der Waals surface area contributed by atoms with E-state index in [0.29, 0.717) is 5.69 Å². The standard InChI is InChI=1S/C15H14FNO2/c1-9-5-10(2)7-12(6-9)17-15(19)13-4-3-11(16)8-14(13)18/h3-8,18H,1-2H3,(H,17,19). The van der Waals surface area contributed by atoms with Gasteiger partial charge in [0.1, 0.15) is 11.6 Å². The predicted molar refractivity (Wildman–Crippen MR) is 71.9 cm³/mol. The van der Waals surface area contributed by atoms with Crippen molar-refractivity contribution in [2.24, 2.45) is 0 Å². The number of nitrogens with one attached hydrogen (secondary N) is 1. The van der Waals surface area contributed by atoms with Crippen LogP contribution in [0.4, 0.5) is 10.1 Å². The van der Waals surface area contributed by atoms with Crippen molar-refractivity contribution in [3.8, 4) is 5.75 Å². The van der Waals surface area contributed by atoms with Crippen molar-refractivity contribution in [1.29, 1.82) is 0 Å². The van der Waals surface area contributed by atoms with Crippen molar-refractivity contribution in [3.63, 3.8) is 0 Å². The van der Waals surface area contributed by atoms with Crippen LogP contribution in [-0.2, 0) is 0 Å². The molecular weight excluding hydrogens is 245 g/mol. The molecular formula is C15H14FNO2. The summed E-state index contributed by atoms with van der Waals surface area (Å²) in [6.07, 6.45) is 0. The number of rotatable bonds is 2. The predicted octanol–water partition coefficient (Wildman–Crippen LogP) is 3.40. The number of amides is 1. The molecule has 2 aromatic rings. The highest BCUT2D eigenvalue weighted by Crippen LogP contribution is 2.20. The van der Waals surface area contributed by atoms with E-state index in [1.807, 2.05) is 32.0 Å². The lowest BCUT2D eigenvalue weighted by atomic mass is 10.1. The summed E-state index contributed by atoms with van der Waals surface area (Å²) in [5.41, 5.74) is 2.74. The van der Waals surface area contributed by atoms with E-state index in [-0.39, 0.29) is 11.3 Å². The van der Waals surface area contributed by atoms with E-state index in [1.54, 1.807) is 0 Å². The first-order valence-electron chi connectivity index (χ1n) is 5.84. The van der Waals surface area contributed by atoms with Crippen LogP contribution >= 0.6 is 0 Å². The molecule has 0 heterocycles. The Hall–Kier alpha value is -2.36. The van der Waals surface area contributed by atoms with Gasteiger partial charge in [-0.2, -0.15) is 0 Å². The average Bonchev–Trinajstić information content (AvgIpc) is 2.26. The quantitative estimate of drug-likeness (QED) is 0.868. The highest BCUT2D eigenvalue weighted by atomic mass is 19.1. The van der Waals surface area contributed by atoms with E-state index in [4.69, 9.17) is 0 Å². The second-order valence-corrected chi connectivity index (χ2v) is 4.49. The molecule has 2 aromatic carbocycles. The van der Waals surface area contributed by atoms with Gasteiger partial charge in [0.25, 0.3) is 5.91 Å². The van der Waals surface area contributed by atoms with Gasteiger partial charge in [-0.05, 0) is 49.2 Å². The largest absolute Gasteiger partial charge is 0.507 e. The molecule has 0 atom stereocenters. The minimum atomic E-state index is -0.583. The number of anilines is 1.